The lowest BCUT2D eigenvalue weighted by Gasteiger charge is -2.04. The molecule has 0 radical (unpaired) electrons. The van der Waals surface area contributed by atoms with E-state index >= 15 is 0 Å². The molecule has 0 fully saturated rings. The summed E-state index contributed by atoms with van der Waals surface area (Å²) < 4.78 is 0. The Balaban J connectivity index is 2.99. The Morgan fingerprint density at radius 1 is 1.27 bits per heavy atom. The maximum absolute atomic E-state index is 5.85. The molecule has 0 aliphatic rings. The molecule has 0 aliphatic heterocycles. The normalized spacial score (nSPS) is 12.6. The van der Waals surface area contributed by atoms with Crippen LogP contribution in [0, 0.1) is 0 Å². The van der Waals surface area contributed by atoms with Crippen molar-refractivity contribution in [1.82, 2.24) is 0 Å². The molecule has 0 saturated carbocycles. The van der Waals surface area contributed by atoms with Gasteiger partial charge in [-0.25, -0.2) is 0 Å². The minimum Gasteiger partial charge on any atom is -0.399 e. The average molecular weight is 200 g/mol. The van der Waals surface area contributed by atoms with Crippen LogP contribution in [0.3, 0.4) is 0 Å². The fraction of sp³-hybridized carbons (Fsp3) is 0.0769. The molecule has 15 heavy (non-hydrogen) atoms. The van der Waals surface area contributed by atoms with Gasteiger partial charge in [-0.3, -0.25) is 0 Å². The van der Waals surface area contributed by atoms with Crippen LogP contribution in [0.5, 0.6) is 0 Å². The number of para-hydroxylation sites is 1. The number of nitrogen functional groups attached to an aromatic ring is 1. The largest absolute Gasteiger partial charge is 0.399 e. The van der Waals surface area contributed by atoms with Crippen LogP contribution in [-0.2, 0) is 0 Å². The second-order valence-electron chi connectivity index (χ2n) is 3.31. The highest BCUT2D eigenvalue weighted by Crippen LogP contribution is 2.20. The standard InChI is InChI=1S/C13H16N2/c1-3-11(14)9-8-10(2)12-6-4-5-7-13(12)15/h3-9H,1,14-15H2,2H3/b10-8+,11-9+. The molecule has 0 atom stereocenters. The van der Waals surface area contributed by atoms with Gasteiger partial charge >= 0.3 is 0 Å². The van der Waals surface area contributed by atoms with Crippen LogP contribution in [0.25, 0.3) is 5.57 Å². The van der Waals surface area contributed by atoms with E-state index in [9.17, 15) is 0 Å². The van der Waals surface area contributed by atoms with Crippen LogP contribution in [0.15, 0.2) is 54.8 Å². The van der Waals surface area contributed by atoms with Crippen molar-refractivity contribution in [2.75, 3.05) is 5.73 Å². The van der Waals surface area contributed by atoms with Crippen LogP contribution < -0.4 is 11.5 Å². The molecule has 0 bridgehead atoms. The fourth-order valence-corrected chi connectivity index (χ4v) is 1.24. The van der Waals surface area contributed by atoms with E-state index in [1.165, 1.54) is 0 Å². The van der Waals surface area contributed by atoms with Gasteiger partial charge in [-0.05, 0) is 30.7 Å². The van der Waals surface area contributed by atoms with E-state index in [1.54, 1.807) is 6.08 Å². The SMILES string of the molecule is C=C/C(N)=C\C=C(/C)c1ccccc1N. The topological polar surface area (TPSA) is 52.0 Å². The zero-order valence-corrected chi connectivity index (χ0v) is 8.90. The van der Waals surface area contributed by atoms with E-state index < -0.39 is 0 Å². The summed E-state index contributed by atoms with van der Waals surface area (Å²) in [6, 6.07) is 7.75. The lowest BCUT2D eigenvalue weighted by atomic mass is 10.1. The molecule has 1 aromatic carbocycles. The third-order valence-corrected chi connectivity index (χ3v) is 2.15. The second kappa shape index (κ2) is 5.05. The third-order valence-electron chi connectivity index (χ3n) is 2.15. The van der Waals surface area contributed by atoms with Crippen LogP contribution >= 0.6 is 0 Å². The van der Waals surface area contributed by atoms with Crippen LogP contribution in [-0.4, -0.2) is 0 Å². The molecular weight excluding hydrogens is 184 g/mol. The third kappa shape index (κ3) is 3.02. The number of benzene rings is 1. The highest BCUT2D eigenvalue weighted by atomic mass is 14.6. The Morgan fingerprint density at radius 2 is 1.93 bits per heavy atom. The van der Waals surface area contributed by atoms with Crippen LogP contribution in [0.2, 0.25) is 0 Å². The Bertz CT molecular complexity index is 414. The number of rotatable bonds is 3. The highest BCUT2D eigenvalue weighted by molar-refractivity contribution is 5.74. The molecule has 1 rings (SSSR count). The molecule has 0 aromatic heterocycles. The minimum atomic E-state index is 0.642. The minimum absolute atomic E-state index is 0.642. The first-order valence-electron chi connectivity index (χ1n) is 4.76. The van der Waals surface area contributed by atoms with Crippen molar-refractivity contribution in [3.63, 3.8) is 0 Å². The Hall–Kier alpha value is -1.96. The van der Waals surface area contributed by atoms with Crippen molar-refractivity contribution in [3.8, 4) is 0 Å². The first-order valence-corrected chi connectivity index (χ1v) is 4.76. The van der Waals surface area contributed by atoms with E-state index in [1.807, 2.05) is 43.3 Å². The molecule has 0 heterocycles. The first-order chi connectivity index (χ1) is 7.15. The summed E-state index contributed by atoms with van der Waals surface area (Å²) in [4.78, 5) is 0. The van der Waals surface area contributed by atoms with Gasteiger partial charge in [0.05, 0.1) is 0 Å². The maximum Gasteiger partial charge on any atom is 0.0390 e. The van der Waals surface area contributed by atoms with Crippen molar-refractivity contribution in [1.29, 1.82) is 0 Å². The predicted molar refractivity (Wildman–Crippen MR) is 67.0 cm³/mol. The molecule has 1 aromatic rings. The summed E-state index contributed by atoms with van der Waals surface area (Å²) in [6.45, 7) is 5.58. The smallest absolute Gasteiger partial charge is 0.0390 e. The number of nitrogens with two attached hydrogens (primary N) is 2. The molecule has 2 nitrogen and oxygen atoms in total. The van der Waals surface area contributed by atoms with Crippen LogP contribution in [0.1, 0.15) is 12.5 Å². The van der Waals surface area contributed by atoms with Gasteiger partial charge in [-0.15, -0.1) is 0 Å². The zero-order valence-electron chi connectivity index (χ0n) is 8.90. The lowest BCUT2D eigenvalue weighted by Crippen LogP contribution is -1.92. The van der Waals surface area contributed by atoms with Crippen molar-refractivity contribution >= 4 is 11.3 Å². The Kier molecular flexibility index (Phi) is 3.75. The molecule has 0 saturated heterocycles. The van der Waals surface area contributed by atoms with E-state index in [2.05, 4.69) is 6.58 Å². The summed E-state index contributed by atoms with van der Waals surface area (Å²) in [5.41, 5.74) is 15.0. The zero-order chi connectivity index (χ0) is 11.3. The van der Waals surface area contributed by atoms with Gasteiger partial charge in [0.15, 0.2) is 0 Å². The molecular formula is C13H16N2. The molecule has 2 heteroatoms. The van der Waals surface area contributed by atoms with E-state index in [0.717, 1.165) is 16.8 Å². The first kappa shape index (κ1) is 11.1. The maximum atomic E-state index is 5.85. The predicted octanol–water partition coefficient (Wildman–Crippen LogP) is 2.70. The summed E-state index contributed by atoms with van der Waals surface area (Å²) in [5.74, 6) is 0. The monoisotopic (exact) mass is 200 g/mol. The molecule has 0 amide bonds. The highest BCUT2D eigenvalue weighted by Gasteiger charge is 1.97. The van der Waals surface area contributed by atoms with Crippen molar-refractivity contribution in [2.24, 2.45) is 5.73 Å². The summed E-state index contributed by atoms with van der Waals surface area (Å²) >= 11 is 0. The average Bonchev–Trinajstić information content (AvgIpc) is 2.26. The lowest BCUT2D eigenvalue weighted by molar-refractivity contribution is 1.43. The summed E-state index contributed by atoms with van der Waals surface area (Å²) in [5, 5.41) is 0. The molecule has 0 unspecified atom stereocenters. The van der Waals surface area contributed by atoms with Gasteiger partial charge in [-0.2, -0.15) is 0 Å². The summed E-state index contributed by atoms with van der Waals surface area (Å²) in [6.07, 6.45) is 5.36. The van der Waals surface area contributed by atoms with E-state index in [0.29, 0.717) is 5.70 Å². The van der Waals surface area contributed by atoms with Gasteiger partial charge in [0, 0.05) is 16.9 Å². The number of hydrogen-bond donors (Lipinski definition) is 2. The van der Waals surface area contributed by atoms with E-state index in [-0.39, 0.29) is 0 Å². The van der Waals surface area contributed by atoms with Crippen LogP contribution in [0.4, 0.5) is 5.69 Å². The molecule has 78 valence electrons. The summed E-state index contributed by atoms with van der Waals surface area (Å²) in [7, 11) is 0. The molecule has 4 N–H and O–H groups in total. The van der Waals surface area contributed by atoms with Gasteiger partial charge in [0.2, 0.25) is 0 Å². The van der Waals surface area contributed by atoms with Crippen molar-refractivity contribution < 1.29 is 0 Å². The van der Waals surface area contributed by atoms with Crippen molar-refractivity contribution in [3.05, 3.63) is 60.3 Å². The van der Waals surface area contributed by atoms with Gasteiger partial charge in [0.1, 0.15) is 0 Å². The second-order valence-corrected chi connectivity index (χ2v) is 3.31. The van der Waals surface area contributed by atoms with Crippen molar-refractivity contribution in [2.45, 2.75) is 6.92 Å². The Labute approximate surface area is 90.6 Å². The Morgan fingerprint density at radius 3 is 2.53 bits per heavy atom. The number of anilines is 1. The number of hydrogen-bond acceptors (Lipinski definition) is 2. The van der Waals surface area contributed by atoms with E-state index in [4.69, 9.17) is 11.5 Å². The van der Waals surface area contributed by atoms with Gasteiger partial charge in [-0.1, -0.05) is 30.9 Å². The van der Waals surface area contributed by atoms with Gasteiger partial charge < -0.3 is 11.5 Å². The fourth-order valence-electron chi connectivity index (χ4n) is 1.24. The quantitative estimate of drug-likeness (QED) is 0.582. The van der Waals surface area contributed by atoms with Gasteiger partial charge in [0.25, 0.3) is 0 Å². The molecule has 0 spiro atoms. The number of allylic oxidation sites excluding steroid dienone is 4. The molecule has 0 aliphatic carbocycles.